The van der Waals surface area contributed by atoms with Crippen LogP contribution in [0.15, 0.2) is 24.3 Å². The number of fused-ring (bicyclic) bond motifs is 6. The molecule has 0 aliphatic carbocycles. The van der Waals surface area contributed by atoms with Crippen molar-refractivity contribution in [2.24, 2.45) is 0 Å². The highest BCUT2D eigenvalue weighted by Gasteiger charge is 2.25. The van der Waals surface area contributed by atoms with Gasteiger partial charge in [-0.1, -0.05) is 30.8 Å². The van der Waals surface area contributed by atoms with Gasteiger partial charge in [-0.15, -0.1) is 4.98 Å². The second-order valence-corrected chi connectivity index (χ2v) is 11.5. The first-order valence-corrected chi connectivity index (χ1v) is 16.6. The molecule has 3 aromatic carbocycles. The van der Waals surface area contributed by atoms with E-state index in [4.69, 9.17) is 48.7 Å². The molecule has 0 aliphatic heterocycles. The third-order valence-corrected chi connectivity index (χ3v) is 8.10. The maximum atomic E-state index is 13.6. The molecule has 300 valence electrons. The molecular formula is C42H4F4N20. The third kappa shape index (κ3) is 8.43. The summed E-state index contributed by atoms with van der Waals surface area (Å²) in [6.45, 7) is 7.23. The van der Waals surface area contributed by atoms with Gasteiger partial charge in [-0.25, -0.2) is 42.5 Å². The van der Waals surface area contributed by atoms with Crippen LogP contribution in [0.5, 0.6) is 0 Å². The zero-order valence-electron chi connectivity index (χ0n) is 31.8. The summed E-state index contributed by atoms with van der Waals surface area (Å²) in [6, 6.07) is 26.3. The van der Waals surface area contributed by atoms with Gasteiger partial charge in [0, 0.05) is 10.4 Å². The fraction of sp³-hybridized carbons (Fsp3) is 0. The summed E-state index contributed by atoms with van der Waals surface area (Å²) in [5, 5.41) is 113. The first-order valence-electron chi connectivity index (χ1n) is 16.6. The highest BCUT2D eigenvalue weighted by molar-refractivity contribution is 6.18. The lowest BCUT2D eigenvalue weighted by Crippen LogP contribution is -2.31. The van der Waals surface area contributed by atoms with Crippen LogP contribution in [-0.2, 0) is 0 Å². The molecule has 0 unspecified atom stereocenters. The summed E-state index contributed by atoms with van der Waals surface area (Å²) < 4.78 is 54.5. The Bertz CT molecular complexity index is 3500. The zero-order valence-corrected chi connectivity index (χ0v) is 31.8. The molecule has 66 heavy (non-hydrogen) atoms. The summed E-state index contributed by atoms with van der Waals surface area (Å²) in [7, 11) is 0. The minimum Gasteiger partial charge on any atom is -0.358 e. The Morgan fingerprint density at radius 1 is 0.364 bits per heavy atom. The van der Waals surface area contributed by atoms with Crippen molar-refractivity contribution in [1.82, 2.24) is 29.9 Å². The van der Waals surface area contributed by atoms with Crippen LogP contribution in [-0.4, -0.2) is 29.9 Å². The molecule has 3 aromatic heterocycles. The Balaban J connectivity index is 0.000000231. The molecule has 0 radical (unpaired) electrons. The Morgan fingerprint density at radius 3 is 0.803 bits per heavy atom. The fourth-order valence-electron chi connectivity index (χ4n) is 5.21. The van der Waals surface area contributed by atoms with Crippen molar-refractivity contribution >= 4 is 61.2 Å². The Kier molecular flexibility index (Phi) is 14.2. The van der Waals surface area contributed by atoms with Gasteiger partial charge < -0.3 is 4.85 Å². The van der Waals surface area contributed by atoms with Gasteiger partial charge in [0.1, 0.15) is 129 Å². The highest BCUT2D eigenvalue weighted by atomic mass is 19.2. The van der Waals surface area contributed by atoms with Crippen molar-refractivity contribution in [3.63, 3.8) is 0 Å². The maximum absolute atomic E-state index is 13.6. The molecule has 24 heteroatoms. The average Bonchev–Trinajstić information content (AvgIpc) is 3.36. The first-order chi connectivity index (χ1) is 31.8. The highest BCUT2D eigenvalue weighted by Crippen LogP contribution is 2.32. The van der Waals surface area contributed by atoms with Crippen molar-refractivity contribution in [2.45, 2.75) is 0 Å². The molecule has 20 nitrogen and oxygen atoms in total. The van der Waals surface area contributed by atoms with Crippen LogP contribution in [0, 0.1) is 177 Å². The number of halogens is 4. The molecule has 6 rings (SSSR count). The van der Waals surface area contributed by atoms with Crippen LogP contribution >= 0.6 is 0 Å². The van der Waals surface area contributed by atoms with E-state index in [1.54, 1.807) is 54.6 Å². The standard InChI is InChI=1S/C18N12.C12F4N4.C12H4N4/c1-24-18-11(6-23)29-16-14-12(25-7(2-19)8(3-20)27-14)13-15(17(16)30-18)28-10(5-22)9(4-21)26-13;13-9-7(5(1-17)2-18)10(14)12(16)8(11(9)15)6(3-19)4-20;13-5-11(6-14)9-1-2-10(4-3-9)12(7-15)8-16/h;;1-4H. The molecule has 0 atom stereocenters. The predicted molar refractivity (Wildman–Crippen MR) is 205 cm³/mol. The van der Waals surface area contributed by atoms with Gasteiger partial charge in [-0.2, -0.15) is 68.4 Å². The van der Waals surface area contributed by atoms with Gasteiger partial charge in [0.25, 0.3) is 0 Å². The van der Waals surface area contributed by atoms with E-state index < -0.39 is 44.9 Å². The number of nitrogens with zero attached hydrogens (tertiary/aromatic N) is 20. The number of hydrogen-bond acceptors (Lipinski definition) is 19. The first kappa shape index (κ1) is 46.4. The van der Waals surface area contributed by atoms with E-state index in [1.807, 2.05) is 0 Å². The molecule has 3 heterocycles. The molecular weight excluding hydrogens is 861 g/mol. The summed E-state index contributed by atoms with van der Waals surface area (Å²) in [6.07, 6.45) is 0. The normalized spacial score (nSPS) is 9.00. The van der Waals surface area contributed by atoms with Crippen molar-refractivity contribution < 1.29 is 17.6 Å². The minimum absolute atomic E-state index is 0.00187. The van der Waals surface area contributed by atoms with E-state index in [0.29, 0.717) is 10.4 Å². The van der Waals surface area contributed by atoms with E-state index in [0.717, 1.165) is 24.3 Å². The van der Waals surface area contributed by atoms with Gasteiger partial charge in [0.15, 0.2) is 51.7 Å². The smallest absolute Gasteiger partial charge is 0.307 e. The van der Waals surface area contributed by atoms with Crippen molar-refractivity contribution in [2.75, 3.05) is 0 Å². The van der Waals surface area contributed by atoms with Gasteiger partial charge >= 0.3 is 5.82 Å². The van der Waals surface area contributed by atoms with E-state index in [2.05, 4.69) is 34.7 Å². The number of rotatable bonds is 0. The average molecular weight is 865 g/mol. The fourth-order valence-corrected chi connectivity index (χ4v) is 5.21. The molecule has 0 saturated carbocycles. The van der Waals surface area contributed by atoms with Crippen molar-refractivity contribution in [1.29, 1.82) is 68.4 Å². The van der Waals surface area contributed by atoms with Crippen LogP contribution in [0.1, 0.15) is 28.5 Å². The van der Waals surface area contributed by atoms with Crippen LogP contribution in [0.2, 0.25) is 0 Å². The summed E-state index contributed by atoms with van der Waals surface area (Å²) in [5.74, 6) is -8.42. The predicted octanol–water partition coefficient (Wildman–Crippen LogP) is 2.15. The molecule has 6 aromatic rings. The molecule has 0 spiro atoms. The topological polar surface area (TPSA) is 391 Å². The third-order valence-electron chi connectivity index (χ3n) is 8.10. The lowest BCUT2D eigenvalue weighted by molar-refractivity contribution is 0.434. The monoisotopic (exact) mass is 864 g/mol. The number of hydrogen-bond donors (Lipinski definition) is 0. The van der Waals surface area contributed by atoms with Crippen LogP contribution in [0.25, 0.3) is 60.2 Å². The molecule has 0 aliphatic rings. The lowest BCUT2D eigenvalue weighted by atomic mass is 10.1. The Morgan fingerprint density at radius 2 is 0.591 bits per heavy atom. The second kappa shape index (κ2) is 20.1. The molecule has 0 bridgehead atoms. The van der Waals surface area contributed by atoms with E-state index in [9.17, 15) is 43.9 Å². The van der Waals surface area contributed by atoms with Gasteiger partial charge in [-0.3, -0.25) is 0 Å². The largest absolute Gasteiger partial charge is 0.358 e. The zero-order chi connectivity index (χ0) is 48.8. The number of benzene rings is 3. The van der Waals surface area contributed by atoms with Crippen molar-refractivity contribution in [3.05, 3.63) is 108 Å². The second-order valence-electron chi connectivity index (χ2n) is 11.5. The minimum atomic E-state index is -2.03. The van der Waals surface area contributed by atoms with Crippen LogP contribution in [0.3, 0.4) is 0 Å². The quantitative estimate of drug-likeness (QED) is 0.0913. The Labute approximate surface area is 363 Å². The number of nitriles is 13. The molecule has 0 amide bonds. The SMILES string of the molecule is N#CC(C#N)=c1c(F)c(F)c(=C(C#N)C#N)c(F)c1F.N#CC(C#N)=c1ccc(=C(C#N)C#N)cc1.[C-]#[N+]c1nc2c3nc(C#N)c(C#N)nc3c3nc(C#N)c(C#N)nc3c2nc1C#N. The summed E-state index contributed by atoms with van der Waals surface area (Å²) in [4.78, 5) is 27.9. The molecule has 0 N–H and O–H groups in total. The molecule has 0 saturated heterocycles. The van der Waals surface area contributed by atoms with E-state index in [1.165, 1.54) is 24.3 Å². The van der Waals surface area contributed by atoms with Crippen LogP contribution < -0.4 is 20.9 Å². The summed E-state index contributed by atoms with van der Waals surface area (Å²) in [5.41, 5.74) is -3.90. The summed E-state index contributed by atoms with van der Waals surface area (Å²) >= 11 is 0. The number of aromatic nitrogens is 6. The van der Waals surface area contributed by atoms with Crippen molar-refractivity contribution in [3.8, 4) is 78.9 Å². The van der Waals surface area contributed by atoms with Gasteiger partial charge in [-0.05, 0) is 0 Å². The maximum Gasteiger partial charge on any atom is 0.307 e. The van der Waals surface area contributed by atoms with Crippen LogP contribution in [0.4, 0.5) is 23.4 Å². The Hall–Kier alpha value is -12.3. The van der Waals surface area contributed by atoms with Gasteiger partial charge in [0.2, 0.25) is 5.52 Å². The van der Waals surface area contributed by atoms with E-state index >= 15 is 0 Å². The van der Waals surface area contributed by atoms with Gasteiger partial charge in [0.05, 0.1) is 10.4 Å². The lowest BCUT2D eigenvalue weighted by Gasteiger charge is -2.07. The van der Waals surface area contributed by atoms with E-state index in [-0.39, 0.29) is 78.5 Å². The molecule has 0 fully saturated rings.